The third kappa shape index (κ3) is 7.09. The van der Waals surface area contributed by atoms with Gasteiger partial charge >= 0.3 is 18.0 Å². The Bertz CT molecular complexity index is 1030. The quantitative estimate of drug-likeness (QED) is 0.219. The second-order valence-corrected chi connectivity index (χ2v) is 11.0. The highest BCUT2D eigenvalue weighted by Gasteiger charge is 2.54. The number of ether oxygens (including phenoxy) is 4. The van der Waals surface area contributed by atoms with Crippen molar-refractivity contribution < 1.29 is 38.1 Å². The molecule has 2 atom stereocenters. The molecular formula is C21H21Cl3N2O8S. The largest absolute Gasteiger partial charge is 0.497 e. The number of benzene rings is 1. The molecule has 1 saturated heterocycles. The summed E-state index contributed by atoms with van der Waals surface area (Å²) in [5.74, 6) is -0.961. The van der Waals surface area contributed by atoms with Crippen LogP contribution in [0.2, 0.25) is 0 Å². The van der Waals surface area contributed by atoms with E-state index in [1.54, 1.807) is 24.3 Å². The number of alkyl halides is 3. The molecule has 35 heavy (non-hydrogen) atoms. The summed E-state index contributed by atoms with van der Waals surface area (Å²) in [6.45, 7) is 0.479. The number of amides is 2. The molecule has 2 amide bonds. The number of hydrogen-bond acceptors (Lipinski definition) is 9. The molecule has 0 unspecified atom stereocenters. The normalized spacial score (nSPS) is 19.3. The standard InChI is InChI=1S/C21H21Cl3N2O8S/c1-11(27)32-8-13-9-35-18-15(25-20(30)34-10-21(22,23)24)17(28)26(18)16(13)19(29)33-7-12-3-5-14(31-2)6-4-12/h3-6,15,18H,7-10H2,1-2H3,(H,25,30)/t15-,18+/m0/s1. The summed E-state index contributed by atoms with van der Waals surface area (Å²) in [5.41, 5.74) is 1.09. The van der Waals surface area contributed by atoms with Crippen molar-refractivity contribution in [2.45, 2.75) is 28.7 Å². The molecule has 2 aliphatic rings. The Morgan fingerprint density at radius 1 is 1.11 bits per heavy atom. The van der Waals surface area contributed by atoms with Crippen LogP contribution in [0.1, 0.15) is 12.5 Å². The number of methoxy groups -OCH3 is 1. The number of nitrogens with zero attached hydrogens (tertiary/aromatic N) is 1. The Kier molecular flexibility index (Phi) is 9.03. The number of carbonyl (C=O) groups is 4. The summed E-state index contributed by atoms with van der Waals surface area (Å²) < 4.78 is 18.6. The van der Waals surface area contributed by atoms with Crippen LogP contribution in [-0.4, -0.2) is 70.1 Å². The number of rotatable bonds is 8. The van der Waals surface area contributed by atoms with E-state index >= 15 is 0 Å². The minimum atomic E-state index is -1.80. The third-order valence-electron chi connectivity index (χ3n) is 4.86. The van der Waals surface area contributed by atoms with Gasteiger partial charge in [0, 0.05) is 18.2 Å². The number of halogens is 3. The summed E-state index contributed by atoms with van der Waals surface area (Å²) in [4.78, 5) is 50.4. The van der Waals surface area contributed by atoms with Crippen LogP contribution in [0.3, 0.4) is 0 Å². The molecule has 1 fully saturated rings. The Labute approximate surface area is 220 Å². The average Bonchev–Trinajstić information content (AvgIpc) is 2.82. The van der Waals surface area contributed by atoms with E-state index in [1.807, 2.05) is 0 Å². The fourth-order valence-corrected chi connectivity index (χ4v) is 4.72. The van der Waals surface area contributed by atoms with Gasteiger partial charge in [0.15, 0.2) is 0 Å². The maximum absolute atomic E-state index is 13.0. The van der Waals surface area contributed by atoms with E-state index in [4.69, 9.17) is 53.8 Å². The van der Waals surface area contributed by atoms with Gasteiger partial charge in [0.1, 0.15) is 42.7 Å². The van der Waals surface area contributed by atoms with Gasteiger partial charge < -0.3 is 24.3 Å². The zero-order valence-corrected chi connectivity index (χ0v) is 21.6. The Morgan fingerprint density at radius 2 is 1.80 bits per heavy atom. The summed E-state index contributed by atoms with van der Waals surface area (Å²) in [5, 5.41) is 1.81. The molecule has 2 aliphatic heterocycles. The van der Waals surface area contributed by atoms with Crippen molar-refractivity contribution in [3.63, 3.8) is 0 Å². The van der Waals surface area contributed by atoms with Gasteiger partial charge in [-0.3, -0.25) is 14.5 Å². The maximum Gasteiger partial charge on any atom is 0.408 e. The van der Waals surface area contributed by atoms with Crippen molar-refractivity contribution in [1.82, 2.24) is 10.2 Å². The number of carbonyl (C=O) groups excluding carboxylic acids is 4. The first-order valence-corrected chi connectivity index (χ1v) is 12.3. The molecule has 190 valence electrons. The van der Waals surface area contributed by atoms with Crippen LogP contribution in [0, 0.1) is 0 Å². The molecule has 1 N–H and O–H groups in total. The van der Waals surface area contributed by atoms with E-state index in [0.29, 0.717) is 16.9 Å². The highest BCUT2D eigenvalue weighted by Crippen LogP contribution is 2.41. The molecular weight excluding hydrogens is 547 g/mol. The molecule has 0 radical (unpaired) electrons. The first-order chi connectivity index (χ1) is 16.5. The highest BCUT2D eigenvalue weighted by atomic mass is 35.6. The summed E-state index contributed by atoms with van der Waals surface area (Å²) in [6, 6.07) is 5.94. The maximum atomic E-state index is 13.0. The van der Waals surface area contributed by atoms with E-state index in [0.717, 1.165) is 0 Å². The van der Waals surface area contributed by atoms with Crippen LogP contribution in [0.4, 0.5) is 4.79 Å². The van der Waals surface area contributed by atoms with E-state index in [2.05, 4.69) is 5.32 Å². The second kappa shape index (κ2) is 11.6. The van der Waals surface area contributed by atoms with Gasteiger partial charge in [-0.05, 0) is 17.7 Å². The number of β-lactam (4-membered cyclic amide) rings is 1. The average molecular weight is 568 g/mol. The molecule has 2 heterocycles. The number of hydrogen-bond donors (Lipinski definition) is 1. The molecule has 0 saturated carbocycles. The molecule has 14 heteroatoms. The summed E-state index contributed by atoms with van der Waals surface area (Å²) in [6.07, 6.45) is -0.951. The summed E-state index contributed by atoms with van der Waals surface area (Å²) >= 11 is 18.0. The van der Waals surface area contributed by atoms with Gasteiger partial charge in [-0.1, -0.05) is 46.9 Å². The number of fused-ring (bicyclic) bond motifs is 1. The lowest BCUT2D eigenvalue weighted by molar-refractivity contribution is -0.152. The van der Waals surface area contributed by atoms with Crippen molar-refractivity contribution >= 4 is 70.5 Å². The van der Waals surface area contributed by atoms with Gasteiger partial charge in [-0.25, -0.2) is 9.59 Å². The van der Waals surface area contributed by atoms with Crippen LogP contribution >= 0.6 is 46.6 Å². The SMILES string of the molecule is COc1ccc(COC(=O)C2=C(COC(C)=O)CS[C@@H]3[C@@H](NC(=O)OCC(Cl)(Cl)Cl)C(=O)N23)cc1. The molecule has 1 aromatic carbocycles. The fraction of sp³-hybridized carbons (Fsp3) is 0.429. The fourth-order valence-electron chi connectivity index (χ4n) is 3.23. The molecule has 1 aromatic rings. The number of esters is 2. The van der Waals surface area contributed by atoms with Crippen LogP contribution in [0.25, 0.3) is 0 Å². The zero-order chi connectivity index (χ0) is 25.8. The Balaban J connectivity index is 1.71. The van der Waals surface area contributed by atoms with Crippen molar-refractivity contribution in [2.24, 2.45) is 0 Å². The third-order valence-corrected chi connectivity index (χ3v) is 6.53. The monoisotopic (exact) mass is 566 g/mol. The molecule has 0 spiro atoms. The van der Waals surface area contributed by atoms with E-state index in [-0.39, 0.29) is 24.7 Å². The lowest BCUT2D eigenvalue weighted by Crippen LogP contribution is -2.70. The highest BCUT2D eigenvalue weighted by molar-refractivity contribution is 8.00. The predicted octanol–water partition coefficient (Wildman–Crippen LogP) is 2.94. The predicted molar refractivity (Wildman–Crippen MR) is 128 cm³/mol. The topological polar surface area (TPSA) is 120 Å². The van der Waals surface area contributed by atoms with E-state index < -0.39 is 45.8 Å². The first-order valence-electron chi connectivity index (χ1n) is 10.1. The lowest BCUT2D eigenvalue weighted by atomic mass is 10.0. The minimum Gasteiger partial charge on any atom is -0.497 e. The Hall–Kier alpha value is -2.34. The lowest BCUT2D eigenvalue weighted by Gasteiger charge is -2.49. The molecule has 0 aromatic heterocycles. The smallest absolute Gasteiger partial charge is 0.408 e. The van der Waals surface area contributed by atoms with Crippen LogP contribution < -0.4 is 10.1 Å². The van der Waals surface area contributed by atoms with Crippen molar-refractivity contribution in [3.8, 4) is 5.75 Å². The molecule has 0 aliphatic carbocycles. The number of thioether (sulfide) groups is 1. The molecule has 3 rings (SSSR count). The van der Waals surface area contributed by atoms with Gasteiger partial charge in [-0.2, -0.15) is 0 Å². The van der Waals surface area contributed by atoms with Crippen molar-refractivity contribution in [3.05, 3.63) is 41.1 Å². The van der Waals surface area contributed by atoms with E-state index in [1.165, 1.54) is 30.7 Å². The van der Waals surface area contributed by atoms with Gasteiger partial charge in [0.25, 0.3) is 5.91 Å². The van der Waals surface area contributed by atoms with Crippen LogP contribution in [-0.2, 0) is 35.2 Å². The summed E-state index contributed by atoms with van der Waals surface area (Å²) in [7, 11) is 1.54. The van der Waals surface area contributed by atoms with Gasteiger partial charge in [0.05, 0.1) is 7.11 Å². The van der Waals surface area contributed by atoms with Crippen LogP contribution in [0.5, 0.6) is 5.75 Å². The minimum absolute atomic E-state index is 0.0266. The Morgan fingerprint density at radius 3 is 2.40 bits per heavy atom. The number of alkyl carbamates (subject to hydrolysis) is 1. The second-order valence-electron chi connectivity index (χ2n) is 7.38. The van der Waals surface area contributed by atoms with Crippen molar-refractivity contribution in [1.29, 1.82) is 0 Å². The first kappa shape index (κ1) is 27.3. The zero-order valence-electron chi connectivity index (χ0n) is 18.5. The van der Waals surface area contributed by atoms with Crippen molar-refractivity contribution in [2.75, 3.05) is 26.1 Å². The molecule has 10 nitrogen and oxygen atoms in total. The molecule has 0 bridgehead atoms. The van der Waals surface area contributed by atoms with Gasteiger partial charge in [0.2, 0.25) is 3.79 Å². The van der Waals surface area contributed by atoms with Gasteiger partial charge in [-0.15, -0.1) is 11.8 Å². The number of nitrogens with one attached hydrogen (secondary N) is 1. The van der Waals surface area contributed by atoms with E-state index in [9.17, 15) is 19.2 Å². The van der Waals surface area contributed by atoms with Crippen LogP contribution in [0.15, 0.2) is 35.5 Å².